The van der Waals surface area contributed by atoms with Gasteiger partial charge in [0.05, 0.1) is 13.6 Å². The molecule has 1 aromatic carbocycles. The number of halogens is 5. The van der Waals surface area contributed by atoms with Crippen molar-refractivity contribution in [3.05, 3.63) is 47.8 Å². The molecule has 0 amide bonds. The summed E-state index contributed by atoms with van der Waals surface area (Å²) >= 11 is 0. The maximum absolute atomic E-state index is 12.6. The second-order valence-corrected chi connectivity index (χ2v) is 8.46. The molecular weight excluding hydrogens is 443 g/mol. The number of rotatable bonds is 10. The molecule has 2 aromatic rings. The summed E-state index contributed by atoms with van der Waals surface area (Å²) in [6.45, 7) is 3.45. The van der Waals surface area contributed by atoms with Gasteiger partial charge in [-0.15, -0.1) is 0 Å². The van der Waals surface area contributed by atoms with Crippen LogP contribution >= 0.6 is 0 Å². The molecule has 1 aromatic heterocycles. The Bertz CT molecular complexity index is 920. The zero-order chi connectivity index (χ0) is 23.6. The van der Waals surface area contributed by atoms with E-state index in [1.165, 1.54) is 57.9 Å². The first-order valence-electron chi connectivity index (χ1n) is 9.99. The first kappa shape index (κ1) is 27.0. The number of imidazole rings is 1. The van der Waals surface area contributed by atoms with Crippen molar-refractivity contribution in [2.45, 2.75) is 69.7 Å². The van der Waals surface area contributed by atoms with Gasteiger partial charge in [0, 0.05) is 0 Å². The monoisotopic (exact) mass is 470 g/mol. The summed E-state index contributed by atoms with van der Waals surface area (Å²) in [5, 5.41) is 0. The average Bonchev–Trinajstić information content (AvgIpc) is 3.11. The number of aromatic nitrogens is 2. The van der Waals surface area contributed by atoms with Gasteiger partial charge in [-0.25, -0.2) is 39.5 Å². The summed E-state index contributed by atoms with van der Waals surface area (Å²) in [6.07, 6.45) is 17.6. The van der Waals surface area contributed by atoms with Crippen molar-refractivity contribution in [1.82, 2.24) is 4.57 Å². The van der Waals surface area contributed by atoms with Gasteiger partial charge in [-0.3, -0.25) is 0 Å². The molecule has 0 spiro atoms. The molecule has 0 bridgehead atoms. The van der Waals surface area contributed by atoms with Crippen LogP contribution in [-0.4, -0.2) is 17.5 Å². The van der Waals surface area contributed by atoms with E-state index in [2.05, 4.69) is 41.8 Å². The molecule has 176 valence electrons. The molecule has 0 aliphatic heterocycles. The summed E-state index contributed by atoms with van der Waals surface area (Å²) in [4.78, 5) is -2.38. The predicted molar refractivity (Wildman–Crippen MR) is 102 cm³/mol. The highest BCUT2D eigenvalue weighted by molar-refractivity contribution is 7.85. The van der Waals surface area contributed by atoms with E-state index in [0.717, 1.165) is 0 Å². The molecule has 0 saturated carbocycles. The quantitative estimate of drug-likeness (QED) is 0.126. The second kappa shape index (κ2) is 12.7. The predicted octanol–water partition coefficient (Wildman–Crippen LogP) is 4.74. The number of benzene rings is 1. The molecular formula is C20H27F5N2O3S. The van der Waals surface area contributed by atoms with Crippen molar-refractivity contribution in [3.8, 4) is 0 Å². The number of hydrogen-bond acceptors (Lipinski definition) is 3. The summed E-state index contributed by atoms with van der Waals surface area (Å²) in [7, 11) is -3.70. The van der Waals surface area contributed by atoms with Crippen molar-refractivity contribution in [1.29, 1.82) is 0 Å². The van der Waals surface area contributed by atoms with E-state index in [1.54, 1.807) is 0 Å². The molecule has 31 heavy (non-hydrogen) atoms. The summed E-state index contributed by atoms with van der Waals surface area (Å²) in [6, 6.07) is 0. The van der Waals surface area contributed by atoms with Crippen molar-refractivity contribution >= 4 is 10.1 Å². The van der Waals surface area contributed by atoms with Gasteiger partial charge in [0.2, 0.25) is 12.1 Å². The standard InChI is InChI=1S/C14H27N2.C6HF5O3S/c1-3-4-5-6-7-8-9-10-11-16-13-12-15(2)14-16;7-1-2(8)4(10)6(15(12,13)14)5(11)3(1)9/h12-14H,3-11H2,1-2H3;(H,12,13,14)/q+1;/p-1. The Morgan fingerprint density at radius 1 is 0.839 bits per heavy atom. The number of nitrogens with zero attached hydrogens (tertiary/aromatic N) is 2. The van der Waals surface area contributed by atoms with Gasteiger partial charge in [0.1, 0.15) is 27.4 Å². The molecule has 11 heteroatoms. The zero-order valence-electron chi connectivity index (χ0n) is 17.5. The van der Waals surface area contributed by atoms with E-state index in [-0.39, 0.29) is 0 Å². The van der Waals surface area contributed by atoms with Crippen LogP contribution in [0.15, 0.2) is 23.6 Å². The van der Waals surface area contributed by atoms with E-state index in [0.29, 0.717) is 0 Å². The first-order valence-corrected chi connectivity index (χ1v) is 11.4. The molecule has 0 aliphatic carbocycles. The molecule has 2 rings (SSSR count). The lowest BCUT2D eigenvalue weighted by molar-refractivity contribution is -0.671. The zero-order valence-corrected chi connectivity index (χ0v) is 18.3. The van der Waals surface area contributed by atoms with Gasteiger partial charge >= 0.3 is 0 Å². The fourth-order valence-electron chi connectivity index (χ4n) is 2.87. The van der Waals surface area contributed by atoms with Crippen LogP contribution in [0, 0.1) is 29.1 Å². The van der Waals surface area contributed by atoms with Gasteiger partial charge in [-0.1, -0.05) is 45.4 Å². The second-order valence-electron chi connectivity index (χ2n) is 7.14. The maximum atomic E-state index is 12.6. The minimum atomic E-state index is -5.77. The van der Waals surface area contributed by atoms with E-state index in [4.69, 9.17) is 0 Å². The Labute approximate surface area is 179 Å². The Balaban J connectivity index is 0.000000311. The molecule has 1 heterocycles. The van der Waals surface area contributed by atoms with Gasteiger partial charge in [0.15, 0.2) is 23.3 Å². The molecule has 5 nitrogen and oxygen atoms in total. The third-order valence-electron chi connectivity index (χ3n) is 4.51. The minimum Gasteiger partial charge on any atom is -0.744 e. The topological polar surface area (TPSA) is 66.0 Å². The van der Waals surface area contributed by atoms with Crippen LogP contribution in [0.5, 0.6) is 0 Å². The van der Waals surface area contributed by atoms with E-state index < -0.39 is 44.1 Å². The smallest absolute Gasteiger partial charge is 0.243 e. The van der Waals surface area contributed by atoms with Crippen molar-refractivity contribution in [2.24, 2.45) is 7.05 Å². The van der Waals surface area contributed by atoms with Crippen molar-refractivity contribution in [2.75, 3.05) is 0 Å². The van der Waals surface area contributed by atoms with Gasteiger partial charge in [-0.2, -0.15) is 0 Å². The van der Waals surface area contributed by atoms with Gasteiger partial charge < -0.3 is 4.55 Å². The maximum Gasteiger partial charge on any atom is 0.243 e. The van der Waals surface area contributed by atoms with Gasteiger partial charge in [0.25, 0.3) is 0 Å². The van der Waals surface area contributed by atoms with E-state index in [1.807, 2.05) is 0 Å². The van der Waals surface area contributed by atoms with Crippen LogP contribution in [-0.2, 0) is 23.7 Å². The molecule has 0 N–H and O–H groups in total. The van der Waals surface area contributed by atoms with Crippen LogP contribution in [0.1, 0.15) is 58.3 Å². The van der Waals surface area contributed by atoms with Crippen molar-refractivity contribution in [3.63, 3.8) is 0 Å². The van der Waals surface area contributed by atoms with Crippen LogP contribution < -0.4 is 4.57 Å². The molecule has 0 radical (unpaired) electrons. The van der Waals surface area contributed by atoms with Crippen LogP contribution in [0.3, 0.4) is 0 Å². The number of unbranched alkanes of at least 4 members (excludes halogenated alkanes) is 7. The molecule has 0 atom stereocenters. The minimum absolute atomic E-state index is 1.18. The first-order chi connectivity index (χ1) is 14.5. The lowest BCUT2D eigenvalue weighted by atomic mass is 10.1. The Hall–Kier alpha value is -2.01. The normalized spacial score (nSPS) is 11.4. The third kappa shape index (κ3) is 8.56. The third-order valence-corrected chi connectivity index (χ3v) is 5.37. The Morgan fingerprint density at radius 3 is 1.71 bits per heavy atom. The SMILES string of the molecule is CCCCCCCCCCn1cc[n+](C)c1.O=S(=O)([O-])c1c(F)c(F)c(F)c(F)c1F. The molecule has 0 aliphatic rings. The molecule has 0 saturated heterocycles. The fourth-order valence-corrected chi connectivity index (χ4v) is 3.48. The number of hydrogen-bond donors (Lipinski definition) is 0. The van der Waals surface area contributed by atoms with Crippen molar-refractivity contribution < 1.29 is 39.5 Å². The Kier molecular flexibility index (Phi) is 11.1. The summed E-state index contributed by atoms with van der Waals surface area (Å²) in [5.74, 6) is -12.8. The lowest BCUT2D eigenvalue weighted by Crippen LogP contribution is -2.23. The summed E-state index contributed by atoms with van der Waals surface area (Å²) < 4.78 is 97.3. The van der Waals surface area contributed by atoms with E-state index in [9.17, 15) is 34.9 Å². The van der Waals surface area contributed by atoms with Crippen LogP contribution in [0.4, 0.5) is 22.0 Å². The van der Waals surface area contributed by atoms with E-state index >= 15 is 0 Å². The number of aryl methyl sites for hydroxylation is 2. The van der Waals surface area contributed by atoms with Crippen LogP contribution in [0.2, 0.25) is 0 Å². The highest BCUT2D eigenvalue weighted by Gasteiger charge is 2.28. The van der Waals surface area contributed by atoms with Gasteiger partial charge in [-0.05, 0) is 12.8 Å². The molecule has 0 fully saturated rings. The fraction of sp³-hybridized carbons (Fsp3) is 0.550. The largest absolute Gasteiger partial charge is 0.744 e. The average molecular weight is 471 g/mol. The Morgan fingerprint density at radius 2 is 1.29 bits per heavy atom. The highest BCUT2D eigenvalue weighted by Crippen LogP contribution is 2.26. The highest BCUT2D eigenvalue weighted by atomic mass is 32.2. The molecule has 0 unspecified atom stereocenters. The van der Waals surface area contributed by atoms with Crippen LogP contribution in [0.25, 0.3) is 0 Å². The summed E-state index contributed by atoms with van der Waals surface area (Å²) in [5.41, 5.74) is 0. The lowest BCUT2D eigenvalue weighted by Gasteiger charge is -2.10.